The molecule has 0 bridgehead atoms. The van der Waals surface area contributed by atoms with Crippen LogP contribution in [0.1, 0.15) is 34.3 Å². The average molecular weight is 538 g/mol. The second-order valence-corrected chi connectivity index (χ2v) is 8.77. The minimum atomic E-state index is -5.19. The largest absolute Gasteiger partial charge is 0.495 e. The van der Waals surface area contributed by atoms with Crippen molar-refractivity contribution in [2.24, 2.45) is 0 Å². The molecule has 0 aliphatic rings. The number of halogens is 5. The van der Waals surface area contributed by atoms with E-state index in [1.54, 1.807) is 30.3 Å². The summed E-state index contributed by atoms with van der Waals surface area (Å²) >= 11 is 12.1. The van der Waals surface area contributed by atoms with E-state index in [1.807, 2.05) is 11.4 Å². The summed E-state index contributed by atoms with van der Waals surface area (Å²) in [6.45, 7) is 1.53. The lowest BCUT2D eigenvalue weighted by atomic mass is 9.95. The van der Waals surface area contributed by atoms with Crippen molar-refractivity contribution in [2.45, 2.75) is 25.2 Å². The highest BCUT2D eigenvalue weighted by Crippen LogP contribution is 2.35. The molecule has 3 aromatic carbocycles. The minimum Gasteiger partial charge on any atom is -0.495 e. The van der Waals surface area contributed by atoms with Gasteiger partial charge in [-0.15, -0.1) is 0 Å². The maximum Gasteiger partial charge on any atom is 0.471 e. The first-order valence-electron chi connectivity index (χ1n) is 10.5. The molecule has 1 unspecified atom stereocenters. The van der Waals surface area contributed by atoms with Gasteiger partial charge in [0.15, 0.2) is 0 Å². The molecule has 0 aromatic heterocycles. The van der Waals surface area contributed by atoms with E-state index in [9.17, 15) is 28.0 Å². The Hall–Kier alpha value is -3.48. The molecule has 188 valence electrons. The summed E-state index contributed by atoms with van der Waals surface area (Å²) in [4.78, 5) is 26.7. The zero-order valence-electron chi connectivity index (χ0n) is 19.3. The fourth-order valence-corrected chi connectivity index (χ4v) is 4.20. The third kappa shape index (κ3) is 5.35. The normalized spacial score (nSPS) is 13.0. The van der Waals surface area contributed by atoms with Crippen LogP contribution in [0.4, 0.5) is 13.2 Å². The number of carbonyl (C=O) groups is 2. The SMILES string of the molecule is COc1c(C#N)cc2ccccc2c1C(=O)N(C)C(NC(=O)C(F)(F)F)[C@@H](C)c1ccc(Cl)c(Cl)c1. The number of nitrogens with zero attached hydrogens (tertiary/aromatic N) is 2. The van der Waals surface area contributed by atoms with Gasteiger partial charge in [-0.2, -0.15) is 18.4 Å². The monoisotopic (exact) mass is 537 g/mol. The molecule has 1 N–H and O–H groups in total. The van der Waals surface area contributed by atoms with Crippen LogP contribution in [0, 0.1) is 11.3 Å². The Morgan fingerprint density at radius 2 is 1.78 bits per heavy atom. The van der Waals surface area contributed by atoms with E-state index < -0.39 is 30.1 Å². The van der Waals surface area contributed by atoms with Crippen molar-refractivity contribution in [3.8, 4) is 11.8 Å². The zero-order chi connectivity index (χ0) is 26.8. The van der Waals surface area contributed by atoms with Crippen LogP contribution in [0.15, 0.2) is 48.5 Å². The highest BCUT2D eigenvalue weighted by molar-refractivity contribution is 6.42. The summed E-state index contributed by atoms with van der Waals surface area (Å²) in [5.74, 6) is -3.87. The van der Waals surface area contributed by atoms with Crippen molar-refractivity contribution in [3.63, 3.8) is 0 Å². The Bertz CT molecular complexity index is 1370. The molecule has 11 heteroatoms. The van der Waals surface area contributed by atoms with Gasteiger partial charge in [-0.3, -0.25) is 9.59 Å². The molecule has 0 saturated heterocycles. The van der Waals surface area contributed by atoms with Gasteiger partial charge in [-0.1, -0.05) is 60.5 Å². The first kappa shape index (κ1) is 27.1. The van der Waals surface area contributed by atoms with Crippen molar-refractivity contribution in [2.75, 3.05) is 14.2 Å². The number of methoxy groups -OCH3 is 1. The van der Waals surface area contributed by atoms with E-state index >= 15 is 0 Å². The lowest BCUT2D eigenvalue weighted by molar-refractivity contribution is -0.175. The Morgan fingerprint density at radius 3 is 2.36 bits per heavy atom. The standard InChI is InChI=1S/C25H20Cl2F3N3O3/c1-13(14-8-9-18(26)19(27)11-14)22(32-24(35)25(28,29)30)33(2)23(34)20-17-7-5-4-6-15(17)10-16(12-31)21(20)36-3/h4-11,13,22H,1-3H3,(H,32,35)/t13-,22?/m0/s1. The summed E-state index contributed by atoms with van der Waals surface area (Å²) in [5, 5.41) is 12.9. The topological polar surface area (TPSA) is 82.4 Å². The van der Waals surface area contributed by atoms with Crippen LogP contribution >= 0.6 is 23.2 Å². The number of nitriles is 1. The summed E-state index contributed by atoms with van der Waals surface area (Å²) in [5.41, 5.74) is 0.475. The fourth-order valence-electron chi connectivity index (χ4n) is 3.89. The second-order valence-electron chi connectivity index (χ2n) is 7.96. The first-order valence-corrected chi connectivity index (χ1v) is 11.3. The highest BCUT2D eigenvalue weighted by atomic mass is 35.5. The number of hydrogen-bond donors (Lipinski definition) is 1. The molecule has 0 heterocycles. The molecule has 0 aliphatic heterocycles. The van der Waals surface area contributed by atoms with E-state index in [1.165, 1.54) is 39.3 Å². The molecule has 0 fully saturated rings. The Labute approximate surface area is 215 Å². The molecule has 36 heavy (non-hydrogen) atoms. The maximum absolute atomic E-state index is 13.8. The predicted molar refractivity (Wildman–Crippen MR) is 130 cm³/mol. The summed E-state index contributed by atoms with van der Waals surface area (Å²) < 4.78 is 45.0. The molecule has 2 amide bonds. The van der Waals surface area contributed by atoms with Gasteiger partial charge in [0.1, 0.15) is 18.0 Å². The highest BCUT2D eigenvalue weighted by Gasteiger charge is 2.42. The molecular formula is C25H20Cl2F3N3O3. The number of hydrogen-bond acceptors (Lipinski definition) is 4. The lowest BCUT2D eigenvalue weighted by Gasteiger charge is -2.34. The molecule has 3 aromatic rings. The molecule has 0 radical (unpaired) electrons. The number of alkyl halides is 3. The number of carbonyl (C=O) groups excluding carboxylic acids is 2. The number of likely N-dealkylation sites (N-methyl/N-ethyl adjacent to an activating group) is 1. The van der Waals surface area contributed by atoms with Crippen LogP contribution in [0.2, 0.25) is 10.0 Å². The van der Waals surface area contributed by atoms with E-state index in [4.69, 9.17) is 27.9 Å². The maximum atomic E-state index is 13.8. The zero-order valence-corrected chi connectivity index (χ0v) is 20.8. The molecule has 2 atom stereocenters. The number of nitrogens with one attached hydrogen (secondary N) is 1. The van der Waals surface area contributed by atoms with Gasteiger partial charge in [-0.05, 0) is 34.5 Å². The van der Waals surface area contributed by atoms with Crippen LogP contribution in [0.25, 0.3) is 10.8 Å². The lowest BCUT2D eigenvalue weighted by Crippen LogP contribution is -2.54. The molecule has 3 rings (SSSR count). The molecular weight excluding hydrogens is 518 g/mol. The Balaban J connectivity index is 2.16. The summed E-state index contributed by atoms with van der Waals surface area (Å²) in [7, 11) is 2.54. The average Bonchev–Trinajstić information content (AvgIpc) is 2.85. The van der Waals surface area contributed by atoms with E-state index in [0.717, 1.165) is 4.90 Å². The van der Waals surface area contributed by atoms with Crippen LogP contribution < -0.4 is 10.1 Å². The van der Waals surface area contributed by atoms with E-state index in [2.05, 4.69) is 0 Å². The van der Waals surface area contributed by atoms with Crippen LogP contribution in [0.3, 0.4) is 0 Å². The van der Waals surface area contributed by atoms with Gasteiger partial charge < -0.3 is 15.0 Å². The van der Waals surface area contributed by atoms with Crippen molar-refractivity contribution in [1.82, 2.24) is 10.2 Å². The third-order valence-corrected chi connectivity index (χ3v) is 6.50. The smallest absolute Gasteiger partial charge is 0.471 e. The number of fused-ring (bicyclic) bond motifs is 1. The van der Waals surface area contributed by atoms with E-state index in [0.29, 0.717) is 16.3 Å². The number of rotatable bonds is 6. The molecule has 0 saturated carbocycles. The van der Waals surface area contributed by atoms with Gasteiger partial charge in [0, 0.05) is 13.0 Å². The van der Waals surface area contributed by atoms with Crippen LogP contribution in [-0.4, -0.2) is 43.2 Å². The Kier molecular flexibility index (Phi) is 8.02. The van der Waals surface area contributed by atoms with Crippen molar-refractivity contribution in [1.29, 1.82) is 5.26 Å². The van der Waals surface area contributed by atoms with Gasteiger partial charge >= 0.3 is 12.1 Å². The van der Waals surface area contributed by atoms with Gasteiger partial charge in [-0.25, -0.2) is 0 Å². The summed E-state index contributed by atoms with van der Waals surface area (Å²) in [6, 6.07) is 14.7. The van der Waals surface area contributed by atoms with Crippen LogP contribution in [-0.2, 0) is 4.79 Å². The van der Waals surface area contributed by atoms with E-state index in [-0.39, 0.29) is 26.9 Å². The second kappa shape index (κ2) is 10.6. The number of ether oxygens (including phenoxy) is 1. The fraction of sp³-hybridized carbons (Fsp3) is 0.240. The molecule has 0 spiro atoms. The van der Waals surface area contributed by atoms with Gasteiger partial charge in [0.2, 0.25) is 0 Å². The summed E-state index contributed by atoms with van der Waals surface area (Å²) in [6.07, 6.45) is -6.65. The van der Waals surface area contributed by atoms with Gasteiger partial charge in [0.05, 0.1) is 28.3 Å². The quantitative estimate of drug-likeness (QED) is 0.396. The van der Waals surface area contributed by atoms with Crippen LogP contribution in [0.5, 0.6) is 5.75 Å². The van der Waals surface area contributed by atoms with Crippen molar-refractivity contribution < 1.29 is 27.5 Å². The van der Waals surface area contributed by atoms with Gasteiger partial charge in [0.25, 0.3) is 5.91 Å². The number of benzene rings is 3. The molecule has 0 aliphatic carbocycles. The Morgan fingerprint density at radius 1 is 1.11 bits per heavy atom. The first-order chi connectivity index (χ1) is 16.9. The molecule has 6 nitrogen and oxygen atoms in total. The predicted octanol–water partition coefficient (Wildman–Crippen LogP) is 5.91. The van der Waals surface area contributed by atoms with Crippen molar-refractivity contribution in [3.05, 3.63) is 75.3 Å². The minimum absolute atomic E-state index is 0.0257. The number of amides is 2. The van der Waals surface area contributed by atoms with Crippen molar-refractivity contribution >= 4 is 45.8 Å². The third-order valence-electron chi connectivity index (χ3n) is 5.76.